The Bertz CT molecular complexity index is 1290. The van der Waals surface area contributed by atoms with Gasteiger partial charge >= 0.3 is 0 Å². The molecule has 12 heteroatoms. The molecule has 3 aromatic rings. The molecule has 1 amide bonds. The number of thiazole rings is 1. The van der Waals surface area contributed by atoms with Crippen LogP contribution in [0.15, 0.2) is 47.4 Å². The molecule has 0 aliphatic rings. The maximum atomic E-state index is 13.1. The van der Waals surface area contributed by atoms with E-state index in [0.29, 0.717) is 5.75 Å². The fourth-order valence-corrected chi connectivity index (χ4v) is 5.72. The Morgan fingerprint density at radius 3 is 2.54 bits per heavy atom. The van der Waals surface area contributed by atoms with Gasteiger partial charge in [0.1, 0.15) is 23.0 Å². The van der Waals surface area contributed by atoms with Gasteiger partial charge in [-0.1, -0.05) is 31.1 Å². The Labute approximate surface area is 221 Å². The van der Waals surface area contributed by atoms with Gasteiger partial charge in [0.05, 0.1) is 17.7 Å². The summed E-state index contributed by atoms with van der Waals surface area (Å²) in [6.45, 7) is 4.98. The number of hydrogen-bond acceptors (Lipinski definition) is 9. The van der Waals surface area contributed by atoms with Crippen molar-refractivity contribution in [1.82, 2.24) is 15.2 Å². The van der Waals surface area contributed by atoms with E-state index in [4.69, 9.17) is 14.7 Å². The third-order valence-corrected chi connectivity index (χ3v) is 8.10. The smallest absolute Gasteiger partial charge is 0.274 e. The van der Waals surface area contributed by atoms with Crippen molar-refractivity contribution in [2.24, 2.45) is 0 Å². The van der Waals surface area contributed by atoms with E-state index >= 15 is 0 Å². The lowest BCUT2D eigenvalue weighted by atomic mass is 10.1. The molecule has 0 radical (unpaired) electrons. The lowest BCUT2D eigenvalue weighted by molar-refractivity contribution is 0.0706. The minimum Gasteiger partial charge on any atom is -0.495 e. The van der Waals surface area contributed by atoms with Crippen LogP contribution >= 0.6 is 11.3 Å². The van der Waals surface area contributed by atoms with Gasteiger partial charge in [-0.25, -0.2) is 23.6 Å². The van der Waals surface area contributed by atoms with E-state index in [0.717, 1.165) is 47.1 Å². The minimum atomic E-state index is -3.90. The first kappa shape index (κ1) is 28.4. The van der Waals surface area contributed by atoms with E-state index in [1.165, 1.54) is 30.6 Å². The third kappa shape index (κ3) is 7.65. The first-order chi connectivity index (χ1) is 17.8. The van der Waals surface area contributed by atoms with Crippen molar-refractivity contribution in [1.29, 1.82) is 0 Å². The van der Waals surface area contributed by atoms with Crippen LogP contribution in [-0.4, -0.2) is 51.3 Å². The average Bonchev–Trinajstić information content (AvgIpc) is 3.28. The molecular weight excluding hydrogens is 516 g/mol. The quantitative estimate of drug-likeness (QED) is 0.134. The van der Waals surface area contributed by atoms with Gasteiger partial charge in [0, 0.05) is 18.7 Å². The number of benzene rings is 2. The van der Waals surface area contributed by atoms with Gasteiger partial charge in [0.2, 0.25) is 10.0 Å². The molecule has 0 unspecified atom stereocenters. The van der Waals surface area contributed by atoms with Crippen LogP contribution < -0.4 is 25.0 Å². The molecule has 3 rings (SSSR count). The highest BCUT2D eigenvalue weighted by Gasteiger charge is 2.21. The SMILES string of the molecule is CCCCCNc1nc(C)c(-c2ccc(OC)c(S(=O)(=O)NCCOc3ccc(C(=O)NO)cc3)c2)s1. The maximum Gasteiger partial charge on any atom is 0.274 e. The number of ether oxygens (including phenoxy) is 2. The van der Waals surface area contributed by atoms with Gasteiger partial charge in [-0.05, 0) is 61.4 Å². The number of carbonyl (C=O) groups excluding carboxylic acids is 1. The number of nitrogens with zero attached hydrogens (tertiary/aromatic N) is 1. The van der Waals surface area contributed by atoms with E-state index in [9.17, 15) is 13.2 Å². The molecule has 0 fully saturated rings. The number of hydroxylamine groups is 1. The van der Waals surface area contributed by atoms with E-state index in [1.807, 2.05) is 13.0 Å². The average molecular weight is 549 g/mol. The predicted molar refractivity (Wildman–Crippen MR) is 143 cm³/mol. The van der Waals surface area contributed by atoms with Gasteiger partial charge in [0.25, 0.3) is 5.91 Å². The van der Waals surface area contributed by atoms with Crippen LogP contribution in [-0.2, 0) is 10.0 Å². The fourth-order valence-electron chi connectivity index (χ4n) is 3.53. The second-order valence-electron chi connectivity index (χ2n) is 8.14. The van der Waals surface area contributed by atoms with E-state index in [-0.39, 0.29) is 29.4 Å². The summed E-state index contributed by atoms with van der Waals surface area (Å²) in [4.78, 5) is 16.9. The number of anilines is 1. The van der Waals surface area contributed by atoms with Crippen molar-refractivity contribution in [3.05, 3.63) is 53.7 Å². The van der Waals surface area contributed by atoms with Gasteiger partial charge < -0.3 is 14.8 Å². The number of hydrogen-bond donors (Lipinski definition) is 4. The molecule has 0 aliphatic heterocycles. The zero-order valence-electron chi connectivity index (χ0n) is 21.0. The van der Waals surface area contributed by atoms with Gasteiger partial charge in [-0.3, -0.25) is 10.0 Å². The van der Waals surface area contributed by atoms with Crippen LogP contribution in [0, 0.1) is 6.92 Å². The van der Waals surface area contributed by atoms with Crippen molar-refractivity contribution < 1.29 is 27.9 Å². The zero-order chi connectivity index (χ0) is 26.8. The summed E-state index contributed by atoms with van der Waals surface area (Å²) in [5.41, 5.74) is 3.37. The molecule has 10 nitrogen and oxygen atoms in total. The number of rotatable bonds is 14. The lowest BCUT2D eigenvalue weighted by Gasteiger charge is -2.13. The normalized spacial score (nSPS) is 11.2. The van der Waals surface area contributed by atoms with Crippen molar-refractivity contribution >= 4 is 32.4 Å². The van der Waals surface area contributed by atoms with Crippen LogP contribution in [0.1, 0.15) is 42.2 Å². The number of amides is 1. The first-order valence-corrected chi connectivity index (χ1v) is 14.2. The van der Waals surface area contributed by atoms with E-state index in [1.54, 1.807) is 29.7 Å². The van der Waals surface area contributed by atoms with Crippen LogP contribution in [0.25, 0.3) is 10.4 Å². The number of methoxy groups -OCH3 is 1. The van der Waals surface area contributed by atoms with E-state index in [2.05, 4.69) is 21.9 Å². The number of aryl methyl sites for hydroxylation is 1. The molecule has 1 heterocycles. The molecule has 200 valence electrons. The van der Waals surface area contributed by atoms with Gasteiger partial charge in [-0.15, -0.1) is 0 Å². The summed E-state index contributed by atoms with van der Waals surface area (Å²) in [5, 5.41) is 12.8. The summed E-state index contributed by atoms with van der Waals surface area (Å²) in [5.74, 6) is 0.0477. The number of aromatic nitrogens is 1. The molecule has 0 spiro atoms. The van der Waals surface area contributed by atoms with Crippen LogP contribution in [0.5, 0.6) is 11.5 Å². The highest BCUT2D eigenvalue weighted by Crippen LogP contribution is 2.36. The number of unbranched alkanes of at least 4 members (excludes halogenated alkanes) is 2. The van der Waals surface area contributed by atoms with Crippen molar-refractivity contribution in [2.45, 2.75) is 38.0 Å². The topological polar surface area (TPSA) is 139 Å². The molecular formula is C25H32N4O6S2. The molecule has 0 saturated heterocycles. The summed E-state index contributed by atoms with van der Waals surface area (Å²) >= 11 is 1.49. The highest BCUT2D eigenvalue weighted by molar-refractivity contribution is 7.89. The van der Waals surface area contributed by atoms with Gasteiger partial charge in [0.15, 0.2) is 5.13 Å². The van der Waals surface area contributed by atoms with E-state index < -0.39 is 15.9 Å². The molecule has 0 saturated carbocycles. The second-order valence-corrected chi connectivity index (χ2v) is 10.9. The van der Waals surface area contributed by atoms with Crippen LogP contribution in [0.3, 0.4) is 0 Å². The zero-order valence-corrected chi connectivity index (χ0v) is 22.7. The monoisotopic (exact) mass is 548 g/mol. The Balaban J connectivity index is 1.67. The first-order valence-electron chi connectivity index (χ1n) is 11.9. The Morgan fingerprint density at radius 1 is 1.11 bits per heavy atom. The molecule has 0 aliphatic carbocycles. The Morgan fingerprint density at radius 2 is 1.86 bits per heavy atom. The second kappa shape index (κ2) is 13.4. The number of sulfonamides is 1. The van der Waals surface area contributed by atoms with Crippen molar-refractivity contribution in [3.63, 3.8) is 0 Å². The maximum absolute atomic E-state index is 13.1. The Hall–Kier alpha value is -3.19. The largest absolute Gasteiger partial charge is 0.495 e. The minimum absolute atomic E-state index is 0.0139. The number of nitrogens with one attached hydrogen (secondary N) is 3. The lowest BCUT2D eigenvalue weighted by Crippen LogP contribution is -2.28. The molecule has 37 heavy (non-hydrogen) atoms. The number of carbonyl (C=O) groups is 1. The summed E-state index contributed by atoms with van der Waals surface area (Å²) in [6.07, 6.45) is 3.36. The summed E-state index contributed by atoms with van der Waals surface area (Å²) < 4.78 is 39.6. The molecule has 1 aromatic heterocycles. The Kier molecular flexibility index (Phi) is 10.3. The van der Waals surface area contributed by atoms with Crippen LogP contribution in [0.2, 0.25) is 0 Å². The predicted octanol–water partition coefficient (Wildman–Crippen LogP) is 4.21. The fraction of sp³-hybridized carbons (Fsp3) is 0.360. The molecule has 0 atom stereocenters. The van der Waals surface area contributed by atoms with Crippen molar-refractivity contribution in [3.8, 4) is 21.9 Å². The molecule has 4 N–H and O–H groups in total. The third-order valence-electron chi connectivity index (χ3n) is 5.45. The van der Waals surface area contributed by atoms with Gasteiger partial charge in [-0.2, -0.15) is 0 Å². The van der Waals surface area contributed by atoms with Crippen molar-refractivity contribution in [2.75, 3.05) is 32.1 Å². The molecule has 0 bridgehead atoms. The standard InChI is InChI=1S/C25H32N4O6S2/c1-4-5-6-13-26-25-28-17(2)23(36-25)19-9-12-21(34-3)22(16-19)37(32,33)27-14-15-35-20-10-7-18(8-11-20)24(30)29-31/h7-12,16,27,31H,4-6,13-15H2,1-3H3,(H,26,28)(H,29,30). The highest BCUT2D eigenvalue weighted by atomic mass is 32.2. The van der Waals surface area contributed by atoms with Crippen LogP contribution in [0.4, 0.5) is 5.13 Å². The summed E-state index contributed by atoms with van der Waals surface area (Å²) in [7, 11) is -2.48. The molecule has 2 aromatic carbocycles. The summed E-state index contributed by atoms with van der Waals surface area (Å²) in [6, 6.07) is 11.1.